The lowest BCUT2D eigenvalue weighted by molar-refractivity contribution is 0.424. The van der Waals surface area contributed by atoms with Crippen molar-refractivity contribution in [1.82, 2.24) is 20.2 Å². The lowest BCUT2D eigenvalue weighted by atomic mass is 9.93. The number of halogens is 1. The van der Waals surface area contributed by atoms with Crippen molar-refractivity contribution in [2.24, 2.45) is 0 Å². The van der Waals surface area contributed by atoms with E-state index in [1.165, 1.54) is 11.1 Å². The van der Waals surface area contributed by atoms with Crippen LogP contribution in [0.4, 0.5) is 5.95 Å². The summed E-state index contributed by atoms with van der Waals surface area (Å²) >= 11 is 3.48. The normalized spacial score (nSPS) is 20.2. The molecule has 0 saturated carbocycles. The van der Waals surface area contributed by atoms with Crippen LogP contribution in [-0.4, -0.2) is 20.2 Å². The van der Waals surface area contributed by atoms with E-state index in [9.17, 15) is 0 Å². The fraction of sp³-hybridized carbons (Fsp3) is 0.188. The Kier molecular flexibility index (Phi) is 3.38. The van der Waals surface area contributed by atoms with Gasteiger partial charge in [0.2, 0.25) is 5.95 Å². The van der Waals surface area contributed by atoms with E-state index in [1.54, 1.807) is 0 Å². The fourth-order valence-corrected chi connectivity index (χ4v) is 3.17. The molecule has 4 rings (SSSR count). The topological polar surface area (TPSA) is 55.6 Å². The van der Waals surface area contributed by atoms with Gasteiger partial charge in [0.15, 0.2) is 0 Å². The maximum Gasteiger partial charge on any atom is 0.243 e. The number of fused-ring (bicyclic) bond motifs is 1. The van der Waals surface area contributed by atoms with Crippen LogP contribution >= 0.6 is 15.9 Å². The standard InChI is InChI=1S/C16H14BrN5/c17-13-8-6-12(7-9-13)15-10-14(11-4-2-1-3-5-11)18-16-19-20-21-22(15)16/h1-9,14-15H,10H2,(H,18,19,21)/t14-,15-/m1/s1. The van der Waals surface area contributed by atoms with E-state index in [-0.39, 0.29) is 12.1 Å². The van der Waals surface area contributed by atoms with Gasteiger partial charge in [-0.1, -0.05) is 63.5 Å². The predicted octanol–water partition coefficient (Wildman–Crippen LogP) is 3.58. The fourth-order valence-electron chi connectivity index (χ4n) is 2.90. The molecule has 22 heavy (non-hydrogen) atoms. The van der Waals surface area contributed by atoms with Gasteiger partial charge in [-0.2, -0.15) is 0 Å². The molecule has 3 aromatic rings. The molecule has 2 heterocycles. The molecular weight excluding hydrogens is 342 g/mol. The van der Waals surface area contributed by atoms with Crippen molar-refractivity contribution in [1.29, 1.82) is 0 Å². The Morgan fingerprint density at radius 1 is 1.00 bits per heavy atom. The first-order valence-corrected chi connectivity index (χ1v) is 7.95. The molecule has 2 aromatic carbocycles. The molecule has 0 bridgehead atoms. The van der Waals surface area contributed by atoms with Gasteiger partial charge < -0.3 is 5.32 Å². The number of nitrogens with zero attached hydrogens (tertiary/aromatic N) is 4. The third kappa shape index (κ3) is 2.39. The van der Waals surface area contributed by atoms with E-state index in [0.29, 0.717) is 5.95 Å². The number of hydrogen-bond acceptors (Lipinski definition) is 4. The van der Waals surface area contributed by atoms with Crippen LogP contribution in [0.25, 0.3) is 0 Å². The Morgan fingerprint density at radius 2 is 1.77 bits per heavy atom. The number of aromatic nitrogens is 4. The monoisotopic (exact) mass is 355 g/mol. The number of hydrogen-bond donors (Lipinski definition) is 1. The van der Waals surface area contributed by atoms with Crippen molar-refractivity contribution in [2.45, 2.75) is 18.5 Å². The molecule has 5 nitrogen and oxygen atoms in total. The summed E-state index contributed by atoms with van der Waals surface area (Å²) in [5, 5.41) is 15.5. The van der Waals surface area contributed by atoms with Crippen molar-refractivity contribution >= 4 is 21.9 Å². The highest BCUT2D eigenvalue weighted by Crippen LogP contribution is 2.37. The highest BCUT2D eigenvalue weighted by atomic mass is 79.9. The lowest BCUT2D eigenvalue weighted by Crippen LogP contribution is -2.28. The minimum absolute atomic E-state index is 0.129. The second kappa shape index (κ2) is 5.53. The average Bonchev–Trinajstić information content (AvgIpc) is 3.04. The molecule has 0 spiro atoms. The molecule has 1 aromatic heterocycles. The first-order valence-electron chi connectivity index (χ1n) is 7.16. The highest BCUT2D eigenvalue weighted by molar-refractivity contribution is 9.10. The van der Waals surface area contributed by atoms with E-state index in [4.69, 9.17) is 0 Å². The molecular formula is C16H14BrN5. The van der Waals surface area contributed by atoms with Crippen molar-refractivity contribution in [3.63, 3.8) is 0 Å². The van der Waals surface area contributed by atoms with Crippen LogP contribution in [0, 0.1) is 0 Å². The van der Waals surface area contributed by atoms with Crippen LogP contribution in [0.5, 0.6) is 0 Å². The van der Waals surface area contributed by atoms with Gasteiger partial charge in [-0.15, -0.1) is 0 Å². The van der Waals surface area contributed by atoms with E-state index in [0.717, 1.165) is 10.9 Å². The Labute approximate surface area is 136 Å². The molecule has 0 saturated heterocycles. The summed E-state index contributed by atoms with van der Waals surface area (Å²) in [6, 6.07) is 19.1. The van der Waals surface area contributed by atoms with Gasteiger partial charge in [0.1, 0.15) is 0 Å². The molecule has 0 aliphatic carbocycles. The minimum Gasteiger partial charge on any atom is -0.346 e. The van der Waals surface area contributed by atoms with Crippen molar-refractivity contribution < 1.29 is 0 Å². The molecule has 6 heteroatoms. The number of tetrazole rings is 1. The zero-order valence-corrected chi connectivity index (χ0v) is 13.3. The summed E-state index contributed by atoms with van der Waals surface area (Å²) in [5.74, 6) is 0.716. The smallest absolute Gasteiger partial charge is 0.243 e. The molecule has 0 fully saturated rings. The summed E-state index contributed by atoms with van der Waals surface area (Å²) < 4.78 is 2.93. The molecule has 0 unspecified atom stereocenters. The van der Waals surface area contributed by atoms with Gasteiger partial charge in [-0.05, 0) is 40.1 Å². The molecule has 0 radical (unpaired) electrons. The summed E-state index contributed by atoms with van der Waals surface area (Å²) in [4.78, 5) is 0. The zero-order chi connectivity index (χ0) is 14.9. The second-order valence-corrected chi connectivity index (χ2v) is 6.27. The Morgan fingerprint density at radius 3 is 2.55 bits per heavy atom. The van der Waals surface area contributed by atoms with Crippen LogP contribution in [-0.2, 0) is 0 Å². The summed E-state index contributed by atoms with van der Waals surface area (Å²) in [5.41, 5.74) is 2.46. The van der Waals surface area contributed by atoms with E-state index in [2.05, 4.69) is 85.3 Å². The van der Waals surface area contributed by atoms with Gasteiger partial charge in [-0.3, -0.25) is 0 Å². The molecule has 2 atom stereocenters. The predicted molar refractivity (Wildman–Crippen MR) is 87.5 cm³/mol. The molecule has 1 aliphatic heterocycles. The van der Waals surface area contributed by atoms with Gasteiger partial charge in [0.25, 0.3) is 0 Å². The number of nitrogens with one attached hydrogen (secondary N) is 1. The van der Waals surface area contributed by atoms with Crippen LogP contribution in [0.15, 0.2) is 59.1 Å². The van der Waals surface area contributed by atoms with Crippen molar-refractivity contribution in [3.05, 3.63) is 70.2 Å². The van der Waals surface area contributed by atoms with Crippen LogP contribution in [0.3, 0.4) is 0 Å². The average molecular weight is 356 g/mol. The molecule has 1 N–H and O–H groups in total. The lowest BCUT2D eigenvalue weighted by Gasteiger charge is -2.31. The summed E-state index contributed by atoms with van der Waals surface area (Å²) in [6.45, 7) is 0. The number of anilines is 1. The largest absolute Gasteiger partial charge is 0.346 e. The van der Waals surface area contributed by atoms with Gasteiger partial charge in [-0.25, -0.2) is 4.68 Å². The quantitative estimate of drug-likeness (QED) is 0.763. The minimum atomic E-state index is 0.129. The Balaban J connectivity index is 1.73. The maximum absolute atomic E-state index is 4.15. The molecule has 0 amide bonds. The van der Waals surface area contributed by atoms with Gasteiger partial charge in [0.05, 0.1) is 12.1 Å². The first kappa shape index (κ1) is 13.5. The Hall–Kier alpha value is -2.21. The maximum atomic E-state index is 4.15. The van der Waals surface area contributed by atoms with Crippen LogP contribution in [0.2, 0.25) is 0 Å². The highest BCUT2D eigenvalue weighted by Gasteiger charge is 2.30. The summed E-state index contributed by atoms with van der Waals surface area (Å²) in [7, 11) is 0. The third-order valence-corrected chi connectivity index (χ3v) is 4.54. The van der Waals surface area contributed by atoms with Crippen LogP contribution in [0.1, 0.15) is 29.6 Å². The third-order valence-electron chi connectivity index (χ3n) is 4.01. The molecule has 110 valence electrons. The Bertz CT molecular complexity index is 769. The van der Waals surface area contributed by atoms with Gasteiger partial charge in [0, 0.05) is 4.47 Å². The first-order chi connectivity index (χ1) is 10.8. The zero-order valence-electron chi connectivity index (χ0n) is 11.7. The number of rotatable bonds is 2. The van der Waals surface area contributed by atoms with Gasteiger partial charge >= 0.3 is 0 Å². The van der Waals surface area contributed by atoms with Crippen molar-refractivity contribution in [3.8, 4) is 0 Å². The van der Waals surface area contributed by atoms with E-state index >= 15 is 0 Å². The number of benzene rings is 2. The molecule has 1 aliphatic rings. The summed E-state index contributed by atoms with van der Waals surface area (Å²) in [6.07, 6.45) is 0.906. The second-order valence-electron chi connectivity index (χ2n) is 5.36. The van der Waals surface area contributed by atoms with Crippen LogP contribution < -0.4 is 5.32 Å². The van der Waals surface area contributed by atoms with Crippen molar-refractivity contribution in [2.75, 3.05) is 5.32 Å². The SMILES string of the molecule is Brc1ccc([C@H]2C[C@H](c3ccccc3)Nc3nnnn32)cc1. The van der Waals surface area contributed by atoms with E-state index < -0.39 is 0 Å². The van der Waals surface area contributed by atoms with E-state index in [1.807, 2.05) is 10.7 Å².